The summed E-state index contributed by atoms with van der Waals surface area (Å²) in [5, 5.41) is 5.09. The standard InChI is InChI=1S/C16H23Cl2N/c1-12(14-7-6-13(17)10-15(14)18)19-11-16(2)8-4-3-5-9-16/h6-7,10,12,19H,3-5,8-9,11H2,1-2H3. The van der Waals surface area contributed by atoms with Gasteiger partial charge in [-0.1, -0.05) is 55.5 Å². The highest BCUT2D eigenvalue weighted by atomic mass is 35.5. The molecule has 1 nitrogen and oxygen atoms in total. The van der Waals surface area contributed by atoms with Gasteiger partial charge in [0.2, 0.25) is 0 Å². The monoisotopic (exact) mass is 299 g/mol. The molecular weight excluding hydrogens is 277 g/mol. The number of hydrogen-bond acceptors (Lipinski definition) is 1. The van der Waals surface area contributed by atoms with E-state index in [2.05, 4.69) is 19.2 Å². The molecule has 0 spiro atoms. The predicted octanol–water partition coefficient (Wildman–Crippen LogP) is 5.61. The van der Waals surface area contributed by atoms with Gasteiger partial charge in [0, 0.05) is 22.6 Å². The fourth-order valence-electron chi connectivity index (χ4n) is 2.94. The van der Waals surface area contributed by atoms with Crippen molar-refractivity contribution < 1.29 is 0 Å². The van der Waals surface area contributed by atoms with Crippen LogP contribution in [-0.2, 0) is 0 Å². The van der Waals surface area contributed by atoms with E-state index in [1.165, 1.54) is 32.1 Å². The van der Waals surface area contributed by atoms with Gasteiger partial charge in [-0.15, -0.1) is 0 Å². The summed E-state index contributed by atoms with van der Waals surface area (Å²) >= 11 is 12.2. The fraction of sp³-hybridized carbons (Fsp3) is 0.625. The van der Waals surface area contributed by atoms with Crippen LogP contribution in [0.2, 0.25) is 10.0 Å². The first-order chi connectivity index (χ1) is 9.00. The summed E-state index contributed by atoms with van der Waals surface area (Å²) < 4.78 is 0. The number of nitrogens with one attached hydrogen (secondary N) is 1. The number of rotatable bonds is 4. The Labute approximate surface area is 126 Å². The summed E-state index contributed by atoms with van der Waals surface area (Å²) in [5.41, 5.74) is 1.58. The van der Waals surface area contributed by atoms with E-state index in [9.17, 15) is 0 Å². The zero-order chi connectivity index (χ0) is 13.9. The third kappa shape index (κ3) is 4.11. The molecule has 0 saturated heterocycles. The molecule has 0 aromatic heterocycles. The smallest absolute Gasteiger partial charge is 0.0468 e. The minimum Gasteiger partial charge on any atom is -0.310 e. The van der Waals surface area contributed by atoms with Crippen molar-refractivity contribution in [3.05, 3.63) is 33.8 Å². The quantitative estimate of drug-likeness (QED) is 0.761. The first-order valence-electron chi connectivity index (χ1n) is 7.18. The van der Waals surface area contributed by atoms with Gasteiger partial charge in [0.25, 0.3) is 0 Å². The number of hydrogen-bond donors (Lipinski definition) is 1. The highest BCUT2D eigenvalue weighted by Gasteiger charge is 2.27. The highest BCUT2D eigenvalue weighted by molar-refractivity contribution is 6.35. The Morgan fingerprint density at radius 3 is 2.53 bits per heavy atom. The Bertz CT molecular complexity index is 425. The van der Waals surface area contributed by atoms with Gasteiger partial charge in [-0.2, -0.15) is 0 Å². The van der Waals surface area contributed by atoms with Crippen LogP contribution in [0.25, 0.3) is 0 Å². The largest absolute Gasteiger partial charge is 0.310 e. The van der Waals surface area contributed by atoms with Gasteiger partial charge in [0.05, 0.1) is 0 Å². The topological polar surface area (TPSA) is 12.0 Å². The maximum Gasteiger partial charge on any atom is 0.0468 e. The van der Waals surface area contributed by atoms with E-state index in [-0.39, 0.29) is 6.04 Å². The van der Waals surface area contributed by atoms with Crippen LogP contribution in [0, 0.1) is 5.41 Å². The minimum atomic E-state index is 0.267. The Morgan fingerprint density at radius 1 is 1.21 bits per heavy atom. The molecule has 1 aromatic rings. The van der Waals surface area contributed by atoms with Crippen molar-refractivity contribution >= 4 is 23.2 Å². The SMILES string of the molecule is CC(NCC1(C)CCCCC1)c1ccc(Cl)cc1Cl. The summed E-state index contributed by atoms with van der Waals surface area (Å²) in [7, 11) is 0. The molecule has 1 N–H and O–H groups in total. The summed E-state index contributed by atoms with van der Waals surface area (Å²) in [5.74, 6) is 0. The van der Waals surface area contributed by atoms with Gasteiger partial charge in [-0.05, 0) is 42.9 Å². The zero-order valence-corrected chi connectivity index (χ0v) is 13.3. The van der Waals surface area contributed by atoms with E-state index in [4.69, 9.17) is 23.2 Å². The third-order valence-electron chi connectivity index (χ3n) is 4.32. The average Bonchev–Trinajstić information content (AvgIpc) is 2.37. The Hall–Kier alpha value is -0.240. The second-order valence-electron chi connectivity index (χ2n) is 6.14. The van der Waals surface area contributed by atoms with Crippen LogP contribution in [0.5, 0.6) is 0 Å². The van der Waals surface area contributed by atoms with Crippen LogP contribution >= 0.6 is 23.2 Å². The molecule has 1 fully saturated rings. The molecular formula is C16H23Cl2N. The normalized spacial score (nSPS) is 20.2. The van der Waals surface area contributed by atoms with Crippen LogP contribution in [0.3, 0.4) is 0 Å². The zero-order valence-electron chi connectivity index (χ0n) is 11.8. The van der Waals surface area contributed by atoms with E-state index < -0.39 is 0 Å². The molecule has 19 heavy (non-hydrogen) atoms. The lowest BCUT2D eigenvalue weighted by Crippen LogP contribution is -2.35. The van der Waals surface area contributed by atoms with Crippen molar-refractivity contribution in [2.45, 2.75) is 52.0 Å². The fourth-order valence-corrected chi connectivity index (χ4v) is 3.52. The van der Waals surface area contributed by atoms with Gasteiger partial charge in [-0.3, -0.25) is 0 Å². The van der Waals surface area contributed by atoms with Crippen molar-refractivity contribution in [2.75, 3.05) is 6.54 Å². The molecule has 1 unspecified atom stereocenters. The maximum absolute atomic E-state index is 6.26. The van der Waals surface area contributed by atoms with E-state index in [0.717, 1.165) is 17.1 Å². The molecule has 106 valence electrons. The van der Waals surface area contributed by atoms with Gasteiger partial charge >= 0.3 is 0 Å². The van der Waals surface area contributed by atoms with Gasteiger partial charge < -0.3 is 5.32 Å². The van der Waals surface area contributed by atoms with Crippen molar-refractivity contribution in [3.8, 4) is 0 Å². The minimum absolute atomic E-state index is 0.267. The lowest BCUT2D eigenvalue weighted by atomic mass is 9.75. The third-order valence-corrected chi connectivity index (χ3v) is 4.89. The first-order valence-corrected chi connectivity index (χ1v) is 7.94. The molecule has 1 aliphatic carbocycles. The van der Waals surface area contributed by atoms with Crippen LogP contribution < -0.4 is 5.32 Å². The summed E-state index contributed by atoms with van der Waals surface area (Å²) in [6.45, 7) is 5.63. The highest BCUT2D eigenvalue weighted by Crippen LogP contribution is 2.36. The van der Waals surface area contributed by atoms with Crippen LogP contribution in [0.1, 0.15) is 57.6 Å². The summed E-state index contributed by atoms with van der Waals surface area (Å²) in [6.07, 6.45) is 6.80. The van der Waals surface area contributed by atoms with Gasteiger partial charge in [-0.25, -0.2) is 0 Å². The molecule has 0 aliphatic heterocycles. The first kappa shape index (κ1) is 15.2. The Kier molecular flexibility index (Phi) is 5.16. The average molecular weight is 300 g/mol. The number of benzene rings is 1. The van der Waals surface area contributed by atoms with E-state index in [0.29, 0.717) is 10.4 Å². The molecule has 1 aromatic carbocycles. The molecule has 3 heteroatoms. The second-order valence-corrected chi connectivity index (χ2v) is 6.98. The van der Waals surface area contributed by atoms with E-state index in [1.807, 2.05) is 18.2 Å². The Morgan fingerprint density at radius 2 is 1.89 bits per heavy atom. The van der Waals surface area contributed by atoms with Crippen LogP contribution in [0.15, 0.2) is 18.2 Å². The molecule has 0 bridgehead atoms. The molecule has 2 rings (SSSR count). The molecule has 0 radical (unpaired) electrons. The predicted molar refractivity (Wildman–Crippen MR) is 84.1 cm³/mol. The second kappa shape index (κ2) is 6.47. The van der Waals surface area contributed by atoms with Gasteiger partial charge in [0.1, 0.15) is 0 Å². The molecule has 1 atom stereocenters. The van der Waals surface area contributed by atoms with Gasteiger partial charge in [0.15, 0.2) is 0 Å². The number of halogens is 2. The summed E-state index contributed by atoms with van der Waals surface area (Å²) in [4.78, 5) is 0. The van der Waals surface area contributed by atoms with Crippen molar-refractivity contribution in [1.82, 2.24) is 5.32 Å². The summed E-state index contributed by atoms with van der Waals surface area (Å²) in [6, 6.07) is 6.01. The van der Waals surface area contributed by atoms with Crippen molar-refractivity contribution in [2.24, 2.45) is 5.41 Å². The molecule has 1 aliphatic rings. The van der Waals surface area contributed by atoms with Crippen LogP contribution in [-0.4, -0.2) is 6.54 Å². The maximum atomic E-state index is 6.26. The Balaban J connectivity index is 1.95. The van der Waals surface area contributed by atoms with E-state index in [1.54, 1.807) is 0 Å². The van der Waals surface area contributed by atoms with E-state index >= 15 is 0 Å². The van der Waals surface area contributed by atoms with Crippen LogP contribution in [0.4, 0.5) is 0 Å². The molecule has 1 saturated carbocycles. The molecule has 0 heterocycles. The lowest BCUT2D eigenvalue weighted by molar-refractivity contribution is 0.202. The van der Waals surface area contributed by atoms with Crippen molar-refractivity contribution in [1.29, 1.82) is 0 Å². The lowest BCUT2D eigenvalue weighted by Gasteiger charge is -2.35. The van der Waals surface area contributed by atoms with Crippen molar-refractivity contribution in [3.63, 3.8) is 0 Å². The molecule has 0 amide bonds.